The third-order valence-corrected chi connectivity index (χ3v) is 0.524. The Balaban J connectivity index is 3.13. The monoisotopic (exact) mass is 118 g/mol. The number of nitrogens with one attached hydrogen (secondary N) is 1. The van der Waals surface area contributed by atoms with Gasteiger partial charge in [0.05, 0.1) is 0 Å². The predicted octanol–water partition coefficient (Wildman–Crippen LogP) is 0.700. The van der Waals surface area contributed by atoms with Crippen molar-refractivity contribution in [2.75, 3.05) is 0 Å². The quantitative estimate of drug-likeness (QED) is 0.514. The molecule has 7 heavy (non-hydrogen) atoms. The molecular weight excluding hydrogens is 110 g/mol. The van der Waals surface area contributed by atoms with Gasteiger partial charge < -0.3 is 5.32 Å². The van der Waals surface area contributed by atoms with Crippen molar-refractivity contribution in [3.8, 4) is 0 Å². The molecule has 0 amide bonds. The minimum absolute atomic E-state index is 0.171. The van der Waals surface area contributed by atoms with Crippen molar-refractivity contribution < 1.29 is 5.11 Å². The Morgan fingerprint density at radius 3 is 2.14 bits per heavy atom. The van der Waals surface area contributed by atoms with Gasteiger partial charge in [-0.1, -0.05) is 0 Å². The highest BCUT2D eigenvalue weighted by Crippen LogP contribution is 1.74. The Kier molecular flexibility index (Phi) is 2.67. The molecule has 41 valence electrons. The summed E-state index contributed by atoms with van der Waals surface area (Å²) in [6, 6.07) is 0.171. The van der Waals surface area contributed by atoms with E-state index in [-0.39, 0.29) is 11.2 Å². The second kappa shape index (κ2) is 2.80. The Morgan fingerprint density at radius 2 is 2.14 bits per heavy atom. The largest absolute Gasteiger partial charge is 0.341 e. The van der Waals surface area contributed by atoms with Crippen LogP contribution in [0.2, 0.25) is 0 Å². The molecule has 0 unspecified atom stereocenters. The highest BCUT2D eigenvalue weighted by Gasteiger charge is 1.92. The van der Waals surface area contributed by atoms with Crippen LogP contribution in [0.3, 0.4) is 0 Å². The molecule has 2 nitrogen and oxygen atoms in total. The van der Waals surface area contributed by atoms with Gasteiger partial charge in [0, 0.05) is 6.04 Å². The lowest BCUT2D eigenvalue weighted by Crippen LogP contribution is -2.26. The van der Waals surface area contributed by atoms with Crippen LogP contribution in [-0.2, 0) is 5.11 Å². The summed E-state index contributed by atoms with van der Waals surface area (Å²) in [5.74, 6) is 0. The molecular formula is C4H8NOS. The molecule has 0 bridgehead atoms. The normalized spacial score (nSPS) is 9.00. The van der Waals surface area contributed by atoms with E-state index >= 15 is 0 Å². The molecule has 0 fully saturated rings. The summed E-state index contributed by atoms with van der Waals surface area (Å²) in [5.41, 5.74) is 0. The maximum absolute atomic E-state index is 9.96. The molecule has 0 rings (SSSR count). The molecule has 0 heterocycles. The lowest BCUT2D eigenvalue weighted by Gasteiger charge is -2.00. The summed E-state index contributed by atoms with van der Waals surface area (Å²) in [7, 11) is 0. The SMILES string of the molecule is CC(C)NC([O])=S. The fourth-order valence-corrected chi connectivity index (χ4v) is 0.471. The third kappa shape index (κ3) is 5.69. The zero-order valence-corrected chi connectivity index (χ0v) is 5.21. The first-order valence-electron chi connectivity index (χ1n) is 2.10. The zero-order chi connectivity index (χ0) is 5.86. The van der Waals surface area contributed by atoms with E-state index < -0.39 is 0 Å². The minimum atomic E-state index is -0.380. The average Bonchev–Trinajstić information content (AvgIpc) is 1.27. The number of rotatable bonds is 1. The van der Waals surface area contributed by atoms with Crippen LogP contribution in [0.25, 0.3) is 0 Å². The van der Waals surface area contributed by atoms with Crippen molar-refractivity contribution in [3.63, 3.8) is 0 Å². The second-order valence-electron chi connectivity index (χ2n) is 1.59. The fourth-order valence-electron chi connectivity index (χ4n) is 0.236. The standard InChI is InChI=1S/C4H8NOS/c1-3(2)5-4(6)7/h3H,1-2H3,(H,5,7). The second-order valence-corrected chi connectivity index (χ2v) is 1.96. The van der Waals surface area contributed by atoms with E-state index in [0.29, 0.717) is 0 Å². The van der Waals surface area contributed by atoms with E-state index in [9.17, 15) is 5.11 Å². The van der Waals surface area contributed by atoms with Crippen LogP contribution >= 0.6 is 12.2 Å². The van der Waals surface area contributed by atoms with Gasteiger partial charge in [-0.25, -0.2) is 0 Å². The molecule has 0 aromatic rings. The van der Waals surface area contributed by atoms with Crippen LogP contribution in [0, 0.1) is 0 Å². The Hall–Kier alpha value is -0.310. The first kappa shape index (κ1) is 6.69. The first-order valence-corrected chi connectivity index (χ1v) is 2.51. The van der Waals surface area contributed by atoms with Crippen LogP contribution in [0.5, 0.6) is 0 Å². The van der Waals surface area contributed by atoms with Gasteiger partial charge in [0.15, 0.2) is 0 Å². The summed E-state index contributed by atoms with van der Waals surface area (Å²) in [5, 5.41) is 12.1. The maximum atomic E-state index is 9.96. The van der Waals surface area contributed by atoms with E-state index in [1.807, 2.05) is 13.8 Å². The van der Waals surface area contributed by atoms with Crippen molar-refractivity contribution in [1.29, 1.82) is 0 Å². The van der Waals surface area contributed by atoms with Crippen molar-refractivity contribution >= 4 is 17.4 Å². The van der Waals surface area contributed by atoms with Crippen LogP contribution in [0.15, 0.2) is 0 Å². The van der Waals surface area contributed by atoms with E-state index in [1.54, 1.807) is 0 Å². The van der Waals surface area contributed by atoms with E-state index in [2.05, 4.69) is 17.5 Å². The van der Waals surface area contributed by atoms with E-state index in [0.717, 1.165) is 0 Å². The molecule has 1 N–H and O–H groups in total. The van der Waals surface area contributed by atoms with Crippen molar-refractivity contribution in [2.24, 2.45) is 0 Å². The van der Waals surface area contributed by atoms with E-state index in [1.165, 1.54) is 0 Å². The molecule has 0 aliphatic rings. The highest BCUT2D eigenvalue weighted by atomic mass is 32.1. The molecule has 0 saturated carbocycles. The Morgan fingerprint density at radius 1 is 1.71 bits per heavy atom. The van der Waals surface area contributed by atoms with Gasteiger partial charge in [0.2, 0.25) is 0 Å². The topological polar surface area (TPSA) is 31.9 Å². The molecule has 1 radical (unpaired) electrons. The van der Waals surface area contributed by atoms with Gasteiger partial charge in [-0.3, -0.25) is 5.11 Å². The van der Waals surface area contributed by atoms with Crippen LogP contribution in [-0.4, -0.2) is 11.2 Å². The molecule has 0 aliphatic heterocycles. The smallest absolute Gasteiger partial charge is 0.310 e. The summed E-state index contributed by atoms with van der Waals surface area (Å²) < 4.78 is 0. The molecule has 3 heteroatoms. The number of thiocarbonyl (C=S) groups is 1. The summed E-state index contributed by atoms with van der Waals surface area (Å²) in [6.07, 6.45) is 0. The summed E-state index contributed by atoms with van der Waals surface area (Å²) in [4.78, 5) is 0. The van der Waals surface area contributed by atoms with Crippen LogP contribution in [0.1, 0.15) is 13.8 Å². The van der Waals surface area contributed by atoms with Crippen LogP contribution < -0.4 is 5.32 Å². The molecule has 0 saturated heterocycles. The van der Waals surface area contributed by atoms with E-state index in [4.69, 9.17) is 0 Å². The molecule has 0 aromatic carbocycles. The minimum Gasteiger partial charge on any atom is -0.341 e. The lowest BCUT2D eigenvalue weighted by molar-refractivity contribution is 0.407. The first-order chi connectivity index (χ1) is 3.13. The summed E-state index contributed by atoms with van der Waals surface area (Å²) >= 11 is 4.21. The summed E-state index contributed by atoms with van der Waals surface area (Å²) in [6.45, 7) is 3.73. The van der Waals surface area contributed by atoms with Crippen LogP contribution in [0.4, 0.5) is 0 Å². The van der Waals surface area contributed by atoms with Gasteiger partial charge in [-0.15, -0.1) is 0 Å². The van der Waals surface area contributed by atoms with Gasteiger partial charge >= 0.3 is 5.17 Å². The lowest BCUT2D eigenvalue weighted by atomic mass is 10.4. The van der Waals surface area contributed by atoms with Gasteiger partial charge in [0.25, 0.3) is 0 Å². The van der Waals surface area contributed by atoms with Gasteiger partial charge in [-0.2, -0.15) is 0 Å². The molecule has 0 aliphatic carbocycles. The Bertz CT molecular complexity index is 72.1. The maximum Gasteiger partial charge on any atom is 0.310 e. The van der Waals surface area contributed by atoms with Crippen molar-refractivity contribution in [2.45, 2.75) is 19.9 Å². The molecule has 0 aromatic heterocycles. The van der Waals surface area contributed by atoms with Gasteiger partial charge in [0.1, 0.15) is 0 Å². The van der Waals surface area contributed by atoms with Gasteiger partial charge in [-0.05, 0) is 26.1 Å². The molecule has 0 atom stereocenters. The fraction of sp³-hybridized carbons (Fsp3) is 0.750. The van der Waals surface area contributed by atoms with Crippen molar-refractivity contribution in [3.05, 3.63) is 0 Å². The predicted molar refractivity (Wildman–Crippen MR) is 31.6 cm³/mol. The van der Waals surface area contributed by atoms with Crippen molar-refractivity contribution in [1.82, 2.24) is 5.32 Å². The Labute approximate surface area is 48.5 Å². The zero-order valence-electron chi connectivity index (χ0n) is 4.39. The third-order valence-electron chi connectivity index (χ3n) is 0.407. The number of hydrogen-bond acceptors (Lipinski definition) is 1. The molecule has 0 spiro atoms. The highest BCUT2D eigenvalue weighted by molar-refractivity contribution is 7.79. The average molecular weight is 118 g/mol. The number of hydrogen-bond donors (Lipinski definition) is 1.